The number of benzene rings is 1. The van der Waals surface area contributed by atoms with Crippen LogP contribution < -0.4 is 15.0 Å². The highest BCUT2D eigenvalue weighted by molar-refractivity contribution is 5.95. The van der Waals surface area contributed by atoms with Crippen LogP contribution in [0.3, 0.4) is 0 Å². The zero-order chi connectivity index (χ0) is 18.0. The van der Waals surface area contributed by atoms with Crippen molar-refractivity contribution in [2.24, 2.45) is 0 Å². The molecular weight excluding hydrogens is 312 g/mol. The van der Waals surface area contributed by atoms with Crippen molar-refractivity contribution >= 4 is 11.7 Å². The molecule has 0 bridgehead atoms. The van der Waals surface area contributed by atoms with E-state index in [4.69, 9.17) is 4.74 Å². The quantitative estimate of drug-likeness (QED) is 0.817. The normalized spacial score (nSPS) is 23.0. The predicted molar refractivity (Wildman–Crippen MR) is 103 cm³/mol. The molecule has 2 amide bonds. The molecule has 1 atom stereocenters. The number of anilines is 1. The number of hydrogen-bond acceptors (Lipinski definition) is 2. The smallest absolute Gasteiger partial charge is 0.322 e. The van der Waals surface area contributed by atoms with Gasteiger partial charge in [0.2, 0.25) is 0 Å². The minimum atomic E-state index is -0.196. The molecule has 1 saturated carbocycles. The Labute approximate surface area is 151 Å². The number of rotatable bonds is 3. The van der Waals surface area contributed by atoms with Crippen LogP contribution >= 0.6 is 0 Å². The van der Waals surface area contributed by atoms with Crippen LogP contribution in [0, 0.1) is 0 Å². The number of carbonyl (C=O) groups is 1. The van der Waals surface area contributed by atoms with Gasteiger partial charge in [0.05, 0.1) is 6.61 Å². The minimum Gasteiger partial charge on any atom is -0.494 e. The maximum absolute atomic E-state index is 13.1. The van der Waals surface area contributed by atoms with Gasteiger partial charge in [-0.15, -0.1) is 0 Å². The van der Waals surface area contributed by atoms with Gasteiger partial charge in [-0.3, -0.25) is 4.90 Å². The van der Waals surface area contributed by atoms with Crippen LogP contribution in [-0.2, 0) is 0 Å². The van der Waals surface area contributed by atoms with Crippen LogP contribution in [0.2, 0.25) is 0 Å². The summed E-state index contributed by atoms with van der Waals surface area (Å²) in [7, 11) is 0. The summed E-state index contributed by atoms with van der Waals surface area (Å²) in [6, 6.07) is 6.52. The van der Waals surface area contributed by atoms with Crippen molar-refractivity contribution in [3.05, 3.63) is 23.8 Å². The average Bonchev–Trinajstić information content (AvgIpc) is 2.56. The molecule has 1 aliphatic heterocycles. The van der Waals surface area contributed by atoms with Crippen LogP contribution in [0.4, 0.5) is 10.5 Å². The summed E-state index contributed by atoms with van der Waals surface area (Å²) < 4.78 is 5.67. The van der Waals surface area contributed by atoms with E-state index in [2.05, 4.69) is 38.2 Å². The molecule has 1 unspecified atom stereocenters. The van der Waals surface area contributed by atoms with E-state index in [0.717, 1.165) is 30.7 Å². The molecule has 25 heavy (non-hydrogen) atoms. The second-order valence-electron chi connectivity index (χ2n) is 8.19. The average molecular weight is 344 g/mol. The van der Waals surface area contributed by atoms with E-state index in [-0.39, 0.29) is 11.6 Å². The van der Waals surface area contributed by atoms with Crippen LogP contribution in [0.15, 0.2) is 18.2 Å². The van der Waals surface area contributed by atoms with E-state index in [0.29, 0.717) is 18.6 Å². The van der Waals surface area contributed by atoms with Crippen molar-refractivity contribution in [1.82, 2.24) is 5.32 Å². The molecule has 1 aromatic rings. The molecule has 1 aromatic carbocycles. The SMILES string of the molecule is CCOc1ccc2c(c1)C(C)CC(C)(C)N2C(=O)NC1CCCCC1. The topological polar surface area (TPSA) is 41.6 Å². The maximum atomic E-state index is 13.1. The molecule has 1 fully saturated rings. The first-order valence-corrected chi connectivity index (χ1v) is 9.80. The zero-order valence-corrected chi connectivity index (χ0v) is 16.1. The minimum absolute atomic E-state index is 0.0502. The summed E-state index contributed by atoms with van der Waals surface area (Å²) in [6.45, 7) is 9.24. The van der Waals surface area contributed by atoms with Gasteiger partial charge < -0.3 is 10.1 Å². The molecule has 1 aliphatic carbocycles. The summed E-state index contributed by atoms with van der Waals surface area (Å²) in [4.78, 5) is 15.1. The Hall–Kier alpha value is -1.71. The Balaban J connectivity index is 1.88. The molecule has 0 saturated heterocycles. The molecule has 2 aliphatic rings. The van der Waals surface area contributed by atoms with Gasteiger partial charge in [-0.05, 0) is 69.7 Å². The largest absolute Gasteiger partial charge is 0.494 e. The van der Waals surface area contributed by atoms with Crippen LogP contribution in [0.1, 0.15) is 77.7 Å². The highest BCUT2D eigenvalue weighted by Gasteiger charge is 2.40. The number of nitrogens with one attached hydrogen (secondary N) is 1. The van der Waals surface area contributed by atoms with Crippen molar-refractivity contribution in [2.45, 2.75) is 83.7 Å². The fourth-order valence-electron chi connectivity index (χ4n) is 4.53. The summed E-state index contributed by atoms with van der Waals surface area (Å²) in [5, 5.41) is 3.30. The lowest BCUT2D eigenvalue weighted by Crippen LogP contribution is -2.57. The molecule has 1 N–H and O–H groups in total. The molecule has 0 spiro atoms. The fraction of sp³-hybridized carbons (Fsp3) is 0.667. The van der Waals surface area contributed by atoms with Crippen molar-refractivity contribution < 1.29 is 9.53 Å². The number of amides is 2. The van der Waals surface area contributed by atoms with Gasteiger partial charge in [0.25, 0.3) is 0 Å². The lowest BCUT2D eigenvalue weighted by Gasteiger charge is -2.46. The van der Waals surface area contributed by atoms with Gasteiger partial charge in [0.1, 0.15) is 5.75 Å². The third kappa shape index (κ3) is 3.78. The molecule has 0 radical (unpaired) electrons. The molecule has 138 valence electrons. The van der Waals surface area contributed by atoms with Gasteiger partial charge in [0.15, 0.2) is 0 Å². The van der Waals surface area contributed by atoms with Crippen molar-refractivity contribution in [1.29, 1.82) is 0 Å². The van der Waals surface area contributed by atoms with Gasteiger partial charge >= 0.3 is 6.03 Å². The van der Waals surface area contributed by atoms with E-state index >= 15 is 0 Å². The number of carbonyl (C=O) groups excluding carboxylic acids is 1. The highest BCUT2D eigenvalue weighted by atomic mass is 16.5. The van der Waals surface area contributed by atoms with Crippen molar-refractivity contribution in [3.8, 4) is 5.75 Å². The fourth-order valence-corrected chi connectivity index (χ4v) is 4.53. The van der Waals surface area contributed by atoms with E-state index < -0.39 is 0 Å². The number of fused-ring (bicyclic) bond motifs is 1. The first-order valence-electron chi connectivity index (χ1n) is 9.80. The molecule has 1 heterocycles. The van der Waals surface area contributed by atoms with Crippen LogP contribution in [0.25, 0.3) is 0 Å². The van der Waals surface area contributed by atoms with Crippen molar-refractivity contribution in [3.63, 3.8) is 0 Å². The van der Waals surface area contributed by atoms with Crippen LogP contribution in [-0.4, -0.2) is 24.2 Å². The molecule has 3 rings (SSSR count). The number of hydrogen-bond donors (Lipinski definition) is 1. The van der Waals surface area contributed by atoms with Crippen molar-refractivity contribution in [2.75, 3.05) is 11.5 Å². The second kappa shape index (κ2) is 7.27. The standard InChI is InChI=1S/C21H32N2O2/c1-5-25-17-11-12-19-18(13-17)15(2)14-21(3,4)23(19)20(24)22-16-9-7-6-8-10-16/h11-13,15-16H,5-10,14H2,1-4H3,(H,22,24). The monoisotopic (exact) mass is 344 g/mol. The van der Waals surface area contributed by atoms with Gasteiger partial charge in [-0.1, -0.05) is 26.2 Å². The van der Waals surface area contributed by atoms with E-state index in [9.17, 15) is 4.79 Å². The lowest BCUT2D eigenvalue weighted by atomic mass is 9.80. The zero-order valence-electron chi connectivity index (χ0n) is 16.1. The van der Waals surface area contributed by atoms with Gasteiger partial charge in [-0.25, -0.2) is 4.79 Å². The Morgan fingerprint density at radius 3 is 2.68 bits per heavy atom. The predicted octanol–water partition coefficient (Wildman–Crippen LogP) is 5.22. The van der Waals surface area contributed by atoms with E-state index in [1.54, 1.807) is 0 Å². The van der Waals surface area contributed by atoms with E-state index in [1.807, 2.05) is 17.9 Å². The Kier molecular flexibility index (Phi) is 5.26. The maximum Gasteiger partial charge on any atom is 0.322 e. The third-order valence-corrected chi connectivity index (χ3v) is 5.63. The van der Waals surface area contributed by atoms with Gasteiger partial charge in [-0.2, -0.15) is 0 Å². The first kappa shape index (κ1) is 18.1. The number of nitrogens with zero attached hydrogens (tertiary/aromatic N) is 1. The molecule has 4 nitrogen and oxygen atoms in total. The molecule has 0 aromatic heterocycles. The first-order chi connectivity index (χ1) is 11.9. The Morgan fingerprint density at radius 2 is 2.00 bits per heavy atom. The summed E-state index contributed by atoms with van der Waals surface area (Å²) in [6.07, 6.45) is 6.90. The molecular formula is C21H32N2O2. The summed E-state index contributed by atoms with van der Waals surface area (Å²) >= 11 is 0. The summed E-state index contributed by atoms with van der Waals surface area (Å²) in [5.41, 5.74) is 2.04. The summed E-state index contributed by atoms with van der Waals surface area (Å²) in [5.74, 6) is 1.30. The second-order valence-corrected chi connectivity index (χ2v) is 8.19. The Morgan fingerprint density at radius 1 is 1.28 bits per heavy atom. The highest BCUT2D eigenvalue weighted by Crippen LogP contribution is 2.44. The van der Waals surface area contributed by atoms with Crippen LogP contribution in [0.5, 0.6) is 5.75 Å². The third-order valence-electron chi connectivity index (χ3n) is 5.63. The number of urea groups is 1. The Bertz CT molecular complexity index is 620. The van der Waals surface area contributed by atoms with Gasteiger partial charge in [0, 0.05) is 17.3 Å². The van der Waals surface area contributed by atoms with E-state index in [1.165, 1.54) is 24.8 Å². The number of ether oxygens (including phenoxy) is 1. The lowest BCUT2D eigenvalue weighted by molar-refractivity contribution is 0.228. The molecule has 4 heteroatoms.